The molecule has 5 fully saturated rings. The minimum Gasteiger partial charge on any atom is -0.480 e. The molecule has 0 radical (unpaired) electrons. The molecule has 5 rings (SSSR count). The SMILES string of the molecule is O=C(O)CN(CC1CC1)C1CC(NC2CC3CC2C2CCCC32)C1. The van der Waals surface area contributed by atoms with Gasteiger partial charge < -0.3 is 10.4 Å². The summed E-state index contributed by atoms with van der Waals surface area (Å²) in [6.07, 6.45) is 12.3. The Balaban J connectivity index is 1.12. The third kappa shape index (κ3) is 2.80. The van der Waals surface area contributed by atoms with Crippen LogP contribution in [0, 0.1) is 29.6 Å². The fourth-order valence-electron chi connectivity index (χ4n) is 6.73. The van der Waals surface area contributed by atoms with E-state index in [1.165, 1.54) is 57.8 Å². The number of aliphatic carboxylic acids is 1. The standard InChI is InChI=1S/C20H32N2O2/c23-20(24)11-22(10-12-4-5-12)15-8-14(9-15)21-19-7-13-6-18(19)17-3-1-2-16(13)17/h12-19,21H,1-11H2,(H,23,24). The molecule has 134 valence electrons. The van der Waals surface area contributed by atoms with E-state index in [1.807, 2.05) is 0 Å². The molecule has 0 heterocycles. The first-order chi connectivity index (χ1) is 11.7. The predicted octanol–water partition coefficient (Wildman–Crippen LogP) is 2.73. The van der Waals surface area contributed by atoms with Crippen LogP contribution < -0.4 is 5.32 Å². The van der Waals surface area contributed by atoms with Gasteiger partial charge in [-0.05, 0) is 81.0 Å². The number of carbonyl (C=O) groups is 1. The molecule has 5 saturated carbocycles. The van der Waals surface area contributed by atoms with Gasteiger partial charge in [-0.2, -0.15) is 0 Å². The first-order valence-corrected chi connectivity index (χ1v) is 10.4. The highest BCUT2D eigenvalue weighted by atomic mass is 16.4. The molecular formula is C20H32N2O2. The Labute approximate surface area is 145 Å². The van der Waals surface area contributed by atoms with Crippen LogP contribution in [-0.2, 0) is 4.79 Å². The van der Waals surface area contributed by atoms with Gasteiger partial charge in [0.05, 0.1) is 6.54 Å². The topological polar surface area (TPSA) is 52.6 Å². The molecule has 4 nitrogen and oxygen atoms in total. The van der Waals surface area contributed by atoms with Crippen LogP contribution in [0.3, 0.4) is 0 Å². The molecule has 5 aliphatic carbocycles. The van der Waals surface area contributed by atoms with Crippen molar-refractivity contribution >= 4 is 5.97 Å². The highest BCUT2D eigenvalue weighted by Crippen LogP contribution is 2.58. The number of carboxylic acid groups (broad SMARTS) is 1. The molecule has 0 aliphatic heterocycles. The number of fused-ring (bicyclic) bond motifs is 5. The lowest BCUT2D eigenvalue weighted by Gasteiger charge is -2.45. The molecule has 2 N–H and O–H groups in total. The average molecular weight is 332 g/mol. The summed E-state index contributed by atoms with van der Waals surface area (Å²) in [5.74, 6) is 4.22. The molecule has 0 aromatic heterocycles. The fourth-order valence-corrected chi connectivity index (χ4v) is 6.73. The first-order valence-electron chi connectivity index (χ1n) is 10.4. The van der Waals surface area contributed by atoms with Crippen LogP contribution in [0.1, 0.15) is 57.8 Å². The van der Waals surface area contributed by atoms with E-state index >= 15 is 0 Å². The van der Waals surface area contributed by atoms with Crippen LogP contribution in [0.4, 0.5) is 0 Å². The van der Waals surface area contributed by atoms with E-state index in [9.17, 15) is 9.90 Å². The van der Waals surface area contributed by atoms with Gasteiger partial charge >= 0.3 is 5.97 Å². The highest BCUT2D eigenvalue weighted by molar-refractivity contribution is 5.69. The Kier molecular flexibility index (Phi) is 3.89. The van der Waals surface area contributed by atoms with Crippen LogP contribution in [0.2, 0.25) is 0 Å². The molecule has 0 aromatic rings. The van der Waals surface area contributed by atoms with Gasteiger partial charge in [0, 0.05) is 24.7 Å². The maximum Gasteiger partial charge on any atom is 0.317 e. The molecule has 2 bridgehead atoms. The third-order valence-corrected chi connectivity index (χ3v) is 8.04. The summed E-state index contributed by atoms with van der Waals surface area (Å²) in [5, 5.41) is 13.2. The maximum absolute atomic E-state index is 11.2. The zero-order valence-electron chi connectivity index (χ0n) is 14.7. The number of carboxylic acids is 1. The first kappa shape index (κ1) is 15.6. The van der Waals surface area contributed by atoms with Gasteiger partial charge in [0.1, 0.15) is 0 Å². The van der Waals surface area contributed by atoms with E-state index in [0.29, 0.717) is 12.1 Å². The second-order valence-corrected chi connectivity index (χ2v) is 9.52. The van der Waals surface area contributed by atoms with Gasteiger partial charge in [-0.3, -0.25) is 9.69 Å². The molecule has 0 aromatic carbocycles. The normalized spacial score (nSPS) is 46.3. The molecule has 5 atom stereocenters. The van der Waals surface area contributed by atoms with E-state index in [-0.39, 0.29) is 6.54 Å². The Bertz CT molecular complexity index is 500. The summed E-state index contributed by atoms with van der Waals surface area (Å²) >= 11 is 0. The minimum absolute atomic E-state index is 0.242. The van der Waals surface area contributed by atoms with Crippen LogP contribution >= 0.6 is 0 Å². The monoisotopic (exact) mass is 332 g/mol. The van der Waals surface area contributed by atoms with Gasteiger partial charge in [0.2, 0.25) is 0 Å². The van der Waals surface area contributed by atoms with Gasteiger partial charge in [-0.25, -0.2) is 0 Å². The van der Waals surface area contributed by atoms with E-state index in [0.717, 1.165) is 42.2 Å². The second-order valence-electron chi connectivity index (χ2n) is 9.52. The summed E-state index contributed by atoms with van der Waals surface area (Å²) < 4.78 is 0. The van der Waals surface area contributed by atoms with Crippen molar-refractivity contribution < 1.29 is 9.90 Å². The molecular weight excluding hydrogens is 300 g/mol. The molecule has 0 amide bonds. The van der Waals surface area contributed by atoms with Crippen LogP contribution in [0.15, 0.2) is 0 Å². The maximum atomic E-state index is 11.2. The molecule has 4 heteroatoms. The van der Waals surface area contributed by atoms with Crippen molar-refractivity contribution in [1.82, 2.24) is 10.2 Å². The lowest BCUT2D eigenvalue weighted by atomic mass is 9.77. The van der Waals surface area contributed by atoms with Crippen molar-refractivity contribution in [2.24, 2.45) is 29.6 Å². The number of nitrogens with zero attached hydrogens (tertiary/aromatic N) is 1. The Morgan fingerprint density at radius 2 is 1.79 bits per heavy atom. The lowest BCUT2D eigenvalue weighted by Crippen LogP contribution is -2.57. The van der Waals surface area contributed by atoms with Crippen molar-refractivity contribution in [3.63, 3.8) is 0 Å². The summed E-state index contributed by atoms with van der Waals surface area (Å²) in [4.78, 5) is 13.4. The van der Waals surface area contributed by atoms with Crippen LogP contribution in [0.5, 0.6) is 0 Å². The van der Waals surface area contributed by atoms with Crippen LogP contribution in [0.25, 0.3) is 0 Å². The second kappa shape index (κ2) is 5.98. The number of hydrogen-bond acceptors (Lipinski definition) is 3. The molecule has 0 saturated heterocycles. The summed E-state index contributed by atoms with van der Waals surface area (Å²) in [6, 6.07) is 1.93. The van der Waals surface area contributed by atoms with Gasteiger partial charge in [-0.15, -0.1) is 0 Å². The van der Waals surface area contributed by atoms with E-state index in [2.05, 4.69) is 10.2 Å². The van der Waals surface area contributed by atoms with Crippen molar-refractivity contribution in [3.8, 4) is 0 Å². The quantitative estimate of drug-likeness (QED) is 0.753. The smallest absolute Gasteiger partial charge is 0.317 e. The largest absolute Gasteiger partial charge is 0.480 e. The van der Waals surface area contributed by atoms with E-state index in [4.69, 9.17) is 0 Å². The highest BCUT2D eigenvalue weighted by Gasteiger charge is 2.54. The molecule has 5 unspecified atom stereocenters. The Morgan fingerprint density at radius 3 is 2.54 bits per heavy atom. The Hall–Kier alpha value is -0.610. The number of nitrogens with one attached hydrogen (secondary N) is 1. The van der Waals surface area contributed by atoms with Gasteiger partial charge in [0.15, 0.2) is 0 Å². The van der Waals surface area contributed by atoms with Gasteiger partial charge in [-0.1, -0.05) is 6.42 Å². The van der Waals surface area contributed by atoms with Gasteiger partial charge in [0.25, 0.3) is 0 Å². The summed E-state index contributed by atoms with van der Waals surface area (Å²) in [5.41, 5.74) is 0. The lowest BCUT2D eigenvalue weighted by molar-refractivity contribution is -0.139. The molecule has 5 aliphatic rings. The van der Waals surface area contributed by atoms with Crippen molar-refractivity contribution in [3.05, 3.63) is 0 Å². The van der Waals surface area contributed by atoms with Crippen molar-refractivity contribution in [1.29, 1.82) is 0 Å². The van der Waals surface area contributed by atoms with Crippen molar-refractivity contribution in [2.75, 3.05) is 13.1 Å². The van der Waals surface area contributed by atoms with Crippen molar-refractivity contribution in [2.45, 2.75) is 75.9 Å². The minimum atomic E-state index is -0.660. The van der Waals surface area contributed by atoms with E-state index < -0.39 is 5.97 Å². The zero-order valence-corrected chi connectivity index (χ0v) is 14.7. The molecule has 24 heavy (non-hydrogen) atoms. The molecule has 0 spiro atoms. The average Bonchev–Trinajstić information content (AvgIpc) is 2.95. The van der Waals surface area contributed by atoms with E-state index in [1.54, 1.807) is 0 Å². The summed E-state index contributed by atoms with van der Waals surface area (Å²) in [6.45, 7) is 1.26. The third-order valence-electron chi connectivity index (χ3n) is 8.04. The predicted molar refractivity (Wildman–Crippen MR) is 92.7 cm³/mol. The fraction of sp³-hybridized carbons (Fsp3) is 0.950. The Morgan fingerprint density at radius 1 is 1.00 bits per heavy atom. The zero-order chi connectivity index (χ0) is 16.3. The number of hydrogen-bond donors (Lipinski definition) is 2. The summed E-state index contributed by atoms with van der Waals surface area (Å²) in [7, 11) is 0. The van der Waals surface area contributed by atoms with Crippen LogP contribution in [-0.4, -0.2) is 47.2 Å². The number of rotatable bonds is 7.